The van der Waals surface area contributed by atoms with Crippen LogP contribution in [0, 0.1) is 0 Å². The van der Waals surface area contributed by atoms with Gasteiger partial charge in [-0.2, -0.15) is 0 Å². The zero-order chi connectivity index (χ0) is 36.1. The van der Waals surface area contributed by atoms with Gasteiger partial charge in [0.25, 0.3) is 0 Å². The van der Waals surface area contributed by atoms with Gasteiger partial charge in [-0.05, 0) is 12.8 Å². The Bertz CT molecular complexity index is 777. The second-order valence-corrected chi connectivity index (χ2v) is 15.7. The fourth-order valence-electron chi connectivity index (χ4n) is 6.13. The minimum absolute atomic E-state index is 0.216. The highest BCUT2D eigenvalue weighted by molar-refractivity contribution is 7.47. The van der Waals surface area contributed by atoms with Gasteiger partial charge in [0.05, 0.1) is 6.61 Å². The van der Waals surface area contributed by atoms with E-state index in [4.69, 9.17) is 14.0 Å². The average Bonchev–Trinajstić information content (AvgIpc) is 3.09. The number of esters is 2. The molecule has 2 atom stereocenters. The number of carbonyl (C=O) groups excluding carboxylic acids is 2. The molecular formula is C40H79O8P. The van der Waals surface area contributed by atoms with E-state index in [1.54, 1.807) is 0 Å². The number of rotatable bonds is 39. The first-order valence-electron chi connectivity index (χ1n) is 20.7. The Morgan fingerprint density at radius 1 is 0.490 bits per heavy atom. The maximum Gasteiger partial charge on any atom is 0.472 e. The van der Waals surface area contributed by atoms with E-state index in [1.807, 2.05) is 0 Å². The third kappa shape index (κ3) is 36.6. The molecule has 49 heavy (non-hydrogen) atoms. The Morgan fingerprint density at radius 3 is 1.12 bits per heavy atom. The predicted octanol–water partition coefficient (Wildman–Crippen LogP) is 12.7. The second-order valence-electron chi connectivity index (χ2n) is 14.1. The normalized spacial score (nSPS) is 13.3. The number of ether oxygens (including phenoxy) is 2. The lowest BCUT2D eigenvalue weighted by atomic mass is 10.0. The van der Waals surface area contributed by atoms with Gasteiger partial charge in [0.1, 0.15) is 6.61 Å². The van der Waals surface area contributed by atoms with Gasteiger partial charge in [-0.3, -0.25) is 18.6 Å². The lowest BCUT2D eigenvalue weighted by Crippen LogP contribution is -2.29. The quantitative estimate of drug-likeness (QED) is 0.0380. The maximum absolute atomic E-state index is 12.5. The molecule has 1 N–H and O–H groups in total. The SMILES string of the molecule is CCCCCCCCCCCCCCCCCCCC(=O)OC(COC(=O)CCCCCCCCCCCCCCC)COP(=O)(O)OC. The van der Waals surface area contributed by atoms with E-state index >= 15 is 0 Å². The van der Waals surface area contributed by atoms with Gasteiger partial charge in [-0.25, -0.2) is 4.57 Å². The largest absolute Gasteiger partial charge is 0.472 e. The minimum atomic E-state index is -4.25. The van der Waals surface area contributed by atoms with E-state index in [9.17, 15) is 19.0 Å². The van der Waals surface area contributed by atoms with Crippen LogP contribution in [0.15, 0.2) is 0 Å². The molecule has 0 saturated heterocycles. The zero-order valence-electron chi connectivity index (χ0n) is 32.4. The maximum atomic E-state index is 12.5. The number of phosphoric ester groups is 1. The summed E-state index contributed by atoms with van der Waals surface area (Å²) in [5.74, 6) is -0.788. The molecule has 0 aromatic carbocycles. The molecule has 292 valence electrons. The minimum Gasteiger partial charge on any atom is -0.462 e. The molecule has 0 heterocycles. The van der Waals surface area contributed by atoms with Crippen molar-refractivity contribution in [3.8, 4) is 0 Å². The van der Waals surface area contributed by atoms with E-state index < -0.39 is 26.5 Å². The van der Waals surface area contributed by atoms with Crippen LogP contribution >= 0.6 is 7.82 Å². The topological polar surface area (TPSA) is 108 Å². The molecule has 0 bridgehead atoms. The average molecular weight is 719 g/mol. The molecule has 0 saturated carbocycles. The molecule has 0 aliphatic rings. The first-order chi connectivity index (χ1) is 23.8. The van der Waals surface area contributed by atoms with Crippen LogP contribution in [-0.2, 0) is 32.7 Å². The molecule has 0 aliphatic carbocycles. The second kappa shape index (κ2) is 36.8. The van der Waals surface area contributed by atoms with Crippen molar-refractivity contribution in [1.29, 1.82) is 0 Å². The van der Waals surface area contributed by atoms with Crippen molar-refractivity contribution in [2.24, 2.45) is 0 Å². The molecule has 0 spiro atoms. The van der Waals surface area contributed by atoms with Crippen LogP contribution in [0.1, 0.15) is 219 Å². The summed E-state index contributed by atoms with van der Waals surface area (Å²) in [7, 11) is -3.18. The predicted molar refractivity (Wildman–Crippen MR) is 203 cm³/mol. The van der Waals surface area contributed by atoms with E-state index in [1.165, 1.54) is 154 Å². The summed E-state index contributed by atoms with van der Waals surface area (Å²) < 4.78 is 31.9. The van der Waals surface area contributed by atoms with E-state index in [0.29, 0.717) is 6.42 Å². The Morgan fingerprint density at radius 2 is 0.796 bits per heavy atom. The van der Waals surface area contributed by atoms with E-state index in [-0.39, 0.29) is 19.0 Å². The Labute approximate surface area is 302 Å². The monoisotopic (exact) mass is 719 g/mol. The fourth-order valence-corrected chi connectivity index (χ4v) is 6.59. The lowest BCUT2D eigenvalue weighted by Gasteiger charge is -2.19. The van der Waals surface area contributed by atoms with Crippen LogP contribution in [0.3, 0.4) is 0 Å². The van der Waals surface area contributed by atoms with Crippen molar-refractivity contribution in [2.45, 2.75) is 225 Å². The van der Waals surface area contributed by atoms with Gasteiger partial charge >= 0.3 is 19.8 Å². The standard InChI is InChI=1S/C40H79O8P/c1-4-6-8-10-12-14-16-18-19-20-21-23-25-27-29-31-33-35-40(42)48-38(37-47-49(43,44)45-3)36-46-39(41)34-32-30-28-26-24-22-17-15-13-11-9-7-5-2/h38H,4-37H2,1-3H3,(H,43,44). The first-order valence-corrected chi connectivity index (χ1v) is 22.2. The summed E-state index contributed by atoms with van der Waals surface area (Å²) >= 11 is 0. The number of phosphoric acid groups is 1. The third-order valence-corrected chi connectivity index (χ3v) is 10.3. The Kier molecular flexibility index (Phi) is 36.1. The summed E-state index contributed by atoms with van der Waals surface area (Å²) in [6, 6.07) is 0. The lowest BCUT2D eigenvalue weighted by molar-refractivity contribution is -0.161. The van der Waals surface area contributed by atoms with Crippen molar-refractivity contribution in [3.63, 3.8) is 0 Å². The van der Waals surface area contributed by atoms with Crippen LogP contribution < -0.4 is 0 Å². The Hall–Kier alpha value is -0.950. The van der Waals surface area contributed by atoms with E-state index in [2.05, 4.69) is 18.4 Å². The van der Waals surface area contributed by atoms with Gasteiger partial charge in [0.2, 0.25) is 0 Å². The molecule has 0 aliphatic heterocycles. The fraction of sp³-hybridized carbons (Fsp3) is 0.950. The molecule has 8 nitrogen and oxygen atoms in total. The summed E-state index contributed by atoms with van der Waals surface area (Å²) in [5.41, 5.74) is 0. The smallest absolute Gasteiger partial charge is 0.462 e. The van der Waals surface area contributed by atoms with Gasteiger partial charge in [-0.1, -0.05) is 194 Å². The van der Waals surface area contributed by atoms with Crippen LogP contribution in [0.4, 0.5) is 0 Å². The van der Waals surface area contributed by atoms with Crippen molar-refractivity contribution < 1.29 is 37.6 Å². The summed E-state index contributed by atoms with van der Waals surface area (Å²) in [4.78, 5) is 34.4. The molecule has 2 unspecified atom stereocenters. The molecular weight excluding hydrogens is 639 g/mol. The highest BCUT2D eigenvalue weighted by Gasteiger charge is 2.24. The molecule has 0 fully saturated rings. The van der Waals surface area contributed by atoms with Crippen molar-refractivity contribution >= 4 is 19.8 Å². The third-order valence-electron chi connectivity index (χ3n) is 9.35. The van der Waals surface area contributed by atoms with Crippen molar-refractivity contribution in [2.75, 3.05) is 20.3 Å². The van der Waals surface area contributed by atoms with Crippen LogP contribution in [0.5, 0.6) is 0 Å². The van der Waals surface area contributed by atoms with Crippen LogP contribution in [0.25, 0.3) is 0 Å². The first kappa shape index (κ1) is 48.0. The van der Waals surface area contributed by atoms with Crippen LogP contribution in [-0.4, -0.2) is 43.3 Å². The van der Waals surface area contributed by atoms with Crippen LogP contribution in [0.2, 0.25) is 0 Å². The summed E-state index contributed by atoms with van der Waals surface area (Å²) in [5, 5.41) is 0. The molecule has 0 aromatic heterocycles. The van der Waals surface area contributed by atoms with Gasteiger partial charge in [0.15, 0.2) is 6.10 Å². The summed E-state index contributed by atoms with van der Waals surface area (Å²) in [6.45, 7) is 3.91. The number of hydrogen-bond donors (Lipinski definition) is 1. The zero-order valence-corrected chi connectivity index (χ0v) is 33.3. The van der Waals surface area contributed by atoms with Crippen molar-refractivity contribution in [1.82, 2.24) is 0 Å². The molecule has 0 radical (unpaired) electrons. The number of carbonyl (C=O) groups is 2. The Balaban J connectivity index is 3.96. The molecule has 0 aromatic rings. The summed E-state index contributed by atoms with van der Waals surface area (Å²) in [6.07, 6.45) is 37.2. The molecule has 0 rings (SSSR count). The molecule has 0 amide bonds. The number of hydrogen-bond acceptors (Lipinski definition) is 7. The highest BCUT2D eigenvalue weighted by Crippen LogP contribution is 2.42. The molecule has 9 heteroatoms. The van der Waals surface area contributed by atoms with E-state index in [0.717, 1.165) is 45.6 Å². The highest BCUT2D eigenvalue weighted by atomic mass is 31.2. The number of unbranched alkanes of at least 4 members (excludes halogenated alkanes) is 28. The van der Waals surface area contributed by atoms with Crippen molar-refractivity contribution in [3.05, 3.63) is 0 Å². The van der Waals surface area contributed by atoms with Gasteiger partial charge in [0, 0.05) is 20.0 Å². The van der Waals surface area contributed by atoms with Gasteiger partial charge < -0.3 is 14.4 Å². The van der Waals surface area contributed by atoms with Gasteiger partial charge in [-0.15, -0.1) is 0 Å².